The van der Waals surface area contributed by atoms with Gasteiger partial charge in [0, 0.05) is 18.2 Å². The lowest BCUT2D eigenvalue weighted by Crippen LogP contribution is -2.33. The molecule has 0 saturated carbocycles. The zero-order valence-corrected chi connectivity index (χ0v) is 11.3. The molecular formula is C10H20N4O2S. The van der Waals surface area contributed by atoms with Gasteiger partial charge in [-0.25, -0.2) is 13.1 Å². The maximum Gasteiger partial charge on any atom is 0.258 e. The number of rotatable bonds is 7. The number of nitrogens with one attached hydrogen (secondary N) is 3. The molecule has 0 fully saturated rings. The third kappa shape index (κ3) is 3.79. The predicted molar refractivity (Wildman–Crippen MR) is 66.0 cm³/mol. The summed E-state index contributed by atoms with van der Waals surface area (Å²) < 4.78 is 26.7. The summed E-state index contributed by atoms with van der Waals surface area (Å²) in [4.78, 5) is 0. The van der Waals surface area contributed by atoms with E-state index in [1.165, 1.54) is 6.20 Å². The van der Waals surface area contributed by atoms with E-state index in [0.717, 1.165) is 13.0 Å². The lowest BCUT2D eigenvalue weighted by molar-refractivity contribution is 0.550. The van der Waals surface area contributed by atoms with E-state index in [2.05, 4.69) is 20.2 Å². The minimum Gasteiger partial charge on any atom is -0.313 e. The molecule has 3 N–H and O–H groups in total. The lowest BCUT2D eigenvalue weighted by atomic mass is 10.3. The van der Waals surface area contributed by atoms with Crippen molar-refractivity contribution in [2.75, 3.05) is 6.54 Å². The van der Waals surface area contributed by atoms with Gasteiger partial charge in [-0.3, -0.25) is 5.10 Å². The van der Waals surface area contributed by atoms with Gasteiger partial charge in [-0.1, -0.05) is 13.8 Å². The molecule has 0 bridgehead atoms. The number of hydrogen-bond acceptors (Lipinski definition) is 4. The summed E-state index contributed by atoms with van der Waals surface area (Å²) >= 11 is 0. The Kier molecular flexibility index (Phi) is 5.10. The molecule has 1 unspecified atom stereocenters. The van der Waals surface area contributed by atoms with Crippen molar-refractivity contribution in [3.8, 4) is 0 Å². The number of H-pyrrole nitrogens is 1. The van der Waals surface area contributed by atoms with Crippen LogP contribution in [0.3, 0.4) is 0 Å². The van der Waals surface area contributed by atoms with Crippen molar-refractivity contribution < 1.29 is 8.42 Å². The monoisotopic (exact) mass is 260 g/mol. The molecule has 0 radical (unpaired) electrons. The molecule has 17 heavy (non-hydrogen) atoms. The highest BCUT2D eigenvalue weighted by Crippen LogP contribution is 2.12. The molecule has 0 aliphatic rings. The minimum absolute atomic E-state index is 0.0877. The van der Waals surface area contributed by atoms with Crippen LogP contribution in [0.1, 0.15) is 32.8 Å². The largest absolute Gasteiger partial charge is 0.313 e. The molecule has 6 nitrogen and oxygen atoms in total. The van der Waals surface area contributed by atoms with E-state index in [4.69, 9.17) is 0 Å². The van der Waals surface area contributed by atoms with Gasteiger partial charge in [0.15, 0.2) is 5.03 Å². The van der Waals surface area contributed by atoms with Crippen LogP contribution in [-0.2, 0) is 16.6 Å². The van der Waals surface area contributed by atoms with Crippen LogP contribution in [0, 0.1) is 0 Å². The molecule has 7 heteroatoms. The first-order chi connectivity index (χ1) is 8.01. The second-order valence-corrected chi connectivity index (χ2v) is 5.59. The summed E-state index contributed by atoms with van der Waals surface area (Å²) in [5.41, 5.74) is 0.655. The van der Waals surface area contributed by atoms with E-state index in [1.807, 2.05) is 20.8 Å². The average molecular weight is 260 g/mol. The zero-order valence-electron chi connectivity index (χ0n) is 10.4. The quantitative estimate of drug-likeness (QED) is 0.670. The summed E-state index contributed by atoms with van der Waals surface area (Å²) in [5, 5.41) is 9.56. The van der Waals surface area contributed by atoms with Gasteiger partial charge in [-0.15, -0.1) is 0 Å². The van der Waals surface area contributed by atoms with Gasteiger partial charge in [0.05, 0.1) is 6.20 Å². The van der Waals surface area contributed by atoms with Crippen molar-refractivity contribution >= 4 is 10.0 Å². The predicted octanol–water partition coefficient (Wildman–Crippen LogP) is 0.596. The molecule has 1 rings (SSSR count). The molecule has 0 spiro atoms. The maximum absolute atomic E-state index is 12.0. The van der Waals surface area contributed by atoms with E-state index >= 15 is 0 Å². The Morgan fingerprint density at radius 2 is 2.18 bits per heavy atom. The molecule has 0 aromatic carbocycles. The molecule has 1 aromatic rings. The Hall–Kier alpha value is -0.920. The zero-order chi connectivity index (χ0) is 12.9. The lowest BCUT2D eigenvalue weighted by Gasteiger charge is -2.12. The van der Waals surface area contributed by atoms with Crippen molar-refractivity contribution in [3.05, 3.63) is 11.8 Å². The number of aromatic amines is 1. The summed E-state index contributed by atoms with van der Waals surface area (Å²) in [6.07, 6.45) is 2.28. The van der Waals surface area contributed by atoms with Crippen LogP contribution in [0.5, 0.6) is 0 Å². The molecule has 0 amide bonds. The SMILES string of the molecule is CCNCc1cn[nH]c1S(=O)(=O)NC(C)CC. The first-order valence-corrected chi connectivity index (χ1v) is 7.24. The van der Waals surface area contributed by atoms with E-state index in [0.29, 0.717) is 12.1 Å². The van der Waals surface area contributed by atoms with Gasteiger partial charge in [0.25, 0.3) is 10.0 Å². The third-order valence-electron chi connectivity index (χ3n) is 2.48. The van der Waals surface area contributed by atoms with E-state index in [9.17, 15) is 8.42 Å². The topological polar surface area (TPSA) is 86.9 Å². The van der Waals surface area contributed by atoms with Crippen LogP contribution in [-0.4, -0.2) is 31.2 Å². The fourth-order valence-electron chi connectivity index (χ4n) is 1.32. The van der Waals surface area contributed by atoms with Crippen LogP contribution in [0.2, 0.25) is 0 Å². The van der Waals surface area contributed by atoms with Crippen LogP contribution in [0.4, 0.5) is 0 Å². The van der Waals surface area contributed by atoms with Gasteiger partial charge in [0.1, 0.15) is 0 Å². The highest BCUT2D eigenvalue weighted by molar-refractivity contribution is 7.89. The normalized spacial score (nSPS) is 13.8. The first kappa shape index (κ1) is 14.1. The second-order valence-electron chi connectivity index (χ2n) is 3.94. The summed E-state index contributed by atoms with van der Waals surface area (Å²) in [6.45, 7) is 7.00. The van der Waals surface area contributed by atoms with Gasteiger partial charge in [-0.05, 0) is 19.9 Å². The molecule has 98 valence electrons. The molecular weight excluding hydrogens is 240 g/mol. The van der Waals surface area contributed by atoms with Crippen molar-refractivity contribution in [2.24, 2.45) is 0 Å². The Balaban J connectivity index is 2.87. The number of nitrogens with zero attached hydrogens (tertiary/aromatic N) is 1. The maximum atomic E-state index is 12.0. The van der Waals surface area contributed by atoms with Crippen LogP contribution in [0.15, 0.2) is 11.2 Å². The molecule has 1 atom stereocenters. The van der Waals surface area contributed by atoms with Gasteiger partial charge < -0.3 is 5.32 Å². The molecule has 0 aliphatic heterocycles. The number of aromatic nitrogens is 2. The average Bonchev–Trinajstić information content (AvgIpc) is 2.74. The van der Waals surface area contributed by atoms with Gasteiger partial charge in [-0.2, -0.15) is 5.10 Å². The fourth-order valence-corrected chi connectivity index (χ4v) is 2.78. The Morgan fingerprint density at radius 3 is 2.76 bits per heavy atom. The Bertz CT molecular complexity index is 441. The summed E-state index contributed by atoms with van der Waals surface area (Å²) in [7, 11) is -3.50. The van der Waals surface area contributed by atoms with E-state index in [-0.39, 0.29) is 11.1 Å². The fraction of sp³-hybridized carbons (Fsp3) is 0.700. The standard InChI is InChI=1S/C10H20N4O2S/c1-4-8(3)14-17(15,16)10-9(6-11-5-2)7-12-13-10/h7-8,11,14H,4-6H2,1-3H3,(H,12,13). The van der Waals surface area contributed by atoms with E-state index < -0.39 is 10.0 Å². The van der Waals surface area contributed by atoms with Crippen molar-refractivity contribution in [1.82, 2.24) is 20.2 Å². The smallest absolute Gasteiger partial charge is 0.258 e. The van der Waals surface area contributed by atoms with E-state index in [1.54, 1.807) is 0 Å². The number of sulfonamides is 1. The molecule has 0 aliphatic carbocycles. The highest BCUT2D eigenvalue weighted by Gasteiger charge is 2.21. The highest BCUT2D eigenvalue weighted by atomic mass is 32.2. The first-order valence-electron chi connectivity index (χ1n) is 5.76. The summed E-state index contributed by atoms with van der Waals surface area (Å²) in [5.74, 6) is 0. The Morgan fingerprint density at radius 1 is 1.47 bits per heavy atom. The summed E-state index contributed by atoms with van der Waals surface area (Å²) in [6, 6.07) is -0.0877. The van der Waals surface area contributed by atoms with Crippen LogP contribution in [0.25, 0.3) is 0 Å². The van der Waals surface area contributed by atoms with Crippen molar-refractivity contribution in [2.45, 2.75) is 44.8 Å². The minimum atomic E-state index is -3.50. The third-order valence-corrected chi connectivity index (χ3v) is 4.08. The van der Waals surface area contributed by atoms with Crippen molar-refractivity contribution in [3.63, 3.8) is 0 Å². The van der Waals surface area contributed by atoms with Crippen LogP contribution >= 0.6 is 0 Å². The van der Waals surface area contributed by atoms with Gasteiger partial charge >= 0.3 is 0 Å². The number of hydrogen-bond donors (Lipinski definition) is 3. The second kappa shape index (κ2) is 6.13. The van der Waals surface area contributed by atoms with Crippen LogP contribution < -0.4 is 10.0 Å². The van der Waals surface area contributed by atoms with Crippen molar-refractivity contribution in [1.29, 1.82) is 0 Å². The molecule has 0 saturated heterocycles. The van der Waals surface area contributed by atoms with Gasteiger partial charge in [0.2, 0.25) is 0 Å². The molecule has 1 heterocycles. The molecule has 1 aromatic heterocycles. The Labute approximate surface area is 102 Å².